The Balaban J connectivity index is 2.41. The third kappa shape index (κ3) is 3.27. The number of rotatable bonds is 5. The first-order chi connectivity index (χ1) is 13.0. The van der Waals surface area contributed by atoms with E-state index in [0.29, 0.717) is 33.4 Å². The van der Waals surface area contributed by atoms with Crippen LogP contribution < -0.4 is 19.8 Å². The lowest BCUT2D eigenvalue weighted by Gasteiger charge is -2.17. The molecule has 0 saturated carbocycles. The molecule has 0 aliphatic rings. The van der Waals surface area contributed by atoms with Crippen molar-refractivity contribution in [2.75, 3.05) is 14.2 Å². The molecule has 3 rings (SSSR count). The molecule has 0 unspecified atom stereocenters. The number of aromatic nitrogens is 2. The minimum atomic E-state index is -0.629. The first-order valence-electron chi connectivity index (χ1n) is 8.04. The van der Waals surface area contributed by atoms with Crippen molar-refractivity contribution in [1.29, 1.82) is 0 Å². The molecule has 0 spiro atoms. The van der Waals surface area contributed by atoms with E-state index in [-0.39, 0.29) is 11.3 Å². The first kappa shape index (κ1) is 18.2. The molecule has 0 atom stereocenters. The van der Waals surface area contributed by atoms with Crippen LogP contribution in [0.2, 0.25) is 0 Å². The maximum absolute atomic E-state index is 12.4. The zero-order chi connectivity index (χ0) is 19.6. The quantitative estimate of drug-likeness (QED) is 0.392. The van der Waals surface area contributed by atoms with Crippen LogP contribution in [0.25, 0.3) is 21.9 Å². The molecule has 0 fully saturated rings. The molecule has 1 aromatic carbocycles. The van der Waals surface area contributed by atoms with E-state index in [0.717, 1.165) is 6.08 Å². The highest BCUT2D eigenvalue weighted by molar-refractivity contribution is 5.98. The van der Waals surface area contributed by atoms with E-state index in [9.17, 15) is 9.59 Å². The van der Waals surface area contributed by atoms with Crippen LogP contribution in [0.1, 0.15) is 0 Å². The molecule has 7 nitrogen and oxygen atoms in total. The van der Waals surface area contributed by atoms with Gasteiger partial charge in [0.15, 0.2) is 11.5 Å². The minimum Gasteiger partial charge on any atom is -0.497 e. The lowest BCUT2D eigenvalue weighted by molar-refractivity contribution is -0.129. The highest BCUT2D eigenvalue weighted by Gasteiger charge is 2.20. The SMILES string of the molecule is C=CC(=O)Oc1c(OC)cc(OC)cc1-c1cn(C)c(=O)c2cnccc12. The summed E-state index contributed by atoms with van der Waals surface area (Å²) >= 11 is 0. The molecule has 0 bridgehead atoms. The predicted octanol–water partition coefficient (Wildman–Crippen LogP) is 2.71. The van der Waals surface area contributed by atoms with Crippen molar-refractivity contribution in [3.8, 4) is 28.4 Å². The Hall–Kier alpha value is -3.61. The van der Waals surface area contributed by atoms with Crippen molar-refractivity contribution < 1.29 is 19.0 Å². The summed E-state index contributed by atoms with van der Waals surface area (Å²) in [5.74, 6) is 0.405. The lowest BCUT2D eigenvalue weighted by Crippen LogP contribution is -2.17. The molecule has 0 aliphatic carbocycles. The molecule has 0 radical (unpaired) electrons. The summed E-state index contributed by atoms with van der Waals surface area (Å²) in [4.78, 5) is 28.4. The van der Waals surface area contributed by atoms with Gasteiger partial charge in [-0.1, -0.05) is 6.58 Å². The standard InChI is InChI=1S/C20H18N2O5/c1-5-18(23)27-19-14(8-12(25-3)9-17(19)26-4)16-11-22(2)20(24)15-10-21-7-6-13(15)16/h5-11H,1H2,2-4H3. The van der Waals surface area contributed by atoms with Gasteiger partial charge in [-0.3, -0.25) is 9.78 Å². The van der Waals surface area contributed by atoms with Gasteiger partial charge in [0.2, 0.25) is 0 Å². The number of hydrogen-bond acceptors (Lipinski definition) is 6. The Bertz CT molecular complexity index is 1100. The zero-order valence-corrected chi connectivity index (χ0v) is 15.2. The fourth-order valence-corrected chi connectivity index (χ4v) is 2.82. The predicted molar refractivity (Wildman–Crippen MR) is 101 cm³/mol. The molecular weight excluding hydrogens is 348 g/mol. The maximum Gasteiger partial charge on any atom is 0.335 e. The van der Waals surface area contributed by atoms with Gasteiger partial charge in [0.25, 0.3) is 5.56 Å². The fourth-order valence-electron chi connectivity index (χ4n) is 2.82. The number of aryl methyl sites for hydroxylation is 1. The van der Waals surface area contributed by atoms with Crippen LogP contribution in [0.5, 0.6) is 17.2 Å². The average Bonchev–Trinajstić information content (AvgIpc) is 2.70. The molecule has 2 aromatic heterocycles. The summed E-state index contributed by atoms with van der Waals surface area (Å²) < 4.78 is 17.6. The Kier molecular flexibility index (Phi) is 4.94. The summed E-state index contributed by atoms with van der Waals surface area (Å²) in [5.41, 5.74) is 1.02. The Morgan fingerprint density at radius 2 is 1.96 bits per heavy atom. The van der Waals surface area contributed by atoms with Crippen LogP contribution in [0, 0.1) is 0 Å². The van der Waals surface area contributed by atoms with E-state index in [2.05, 4.69) is 11.6 Å². The molecule has 0 N–H and O–H groups in total. The zero-order valence-electron chi connectivity index (χ0n) is 15.2. The number of benzene rings is 1. The molecule has 27 heavy (non-hydrogen) atoms. The van der Waals surface area contributed by atoms with Crippen molar-refractivity contribution in [2.24, 2.45) is 7.05 Å². The molecular formula is C20H18N2O5. The summed E-state index contributed by atoms with van der Waals surface area (Å²) in [7, 11) is 4.63. The normalized spacial score (nSPS) is 10.5. The topological polar surface area (TPSA) is 79.7 Å². The molecule has 7 heteroatoms. The van der Waals surface area contributed by atoms with E-state index in [1.54, 1.807) is 37.6 Å². The van der Waals surface area contributed by atoms with Gasteiger partial charge in [-0.2, -0.15) is 0 Å². The lowest BCUT2D eigenvalue weighted by atomic mass is 10.00. The van der Waals surface area contributed by atoms with Gasteiger partial charge < -0.3 is 18.8 Å². The van der Waals surface area contributed by atoms with Crippen LogP contribution in [-0.2, 0) is 11.8 Å². The third-order valence-corrected chi connectivity index (χ3v) is 4.13. The van der Waals surface area contributed by atoms with Crippen LogP contribution in [0.3, 0.4) is 0 Å². The number of fused-ring (bicyclic) bond motifs is 1. The van der Waals surface area contributed by atoms with Crippen molar-refractivity contribution in [2.45, 2.75) is 0 Å². The first-order valence-corrected chi connectivity index (χ1v) is 8.04. The molecule has 3 aromatic rings. The van der Waals surface area contributed by atoms with Gasteiger partial charge in [-0.15, -0.1) is 0 Å². The molecule has 0 saturated heterocycles. The largest absolute Gasteiger partial charge is 0.497 e. The second-order valence-corrected chi connectivity index (χ2v) is 5.71. The number of nitrogens with zero attached hydrogens (tertiary/aromatic N) is 2. The molecule has 0 amide bonds. The van der Waals surface area contributed by atoms with E-state index in [1.165, 1.54) is 25.0 Å². The second kappa shape index (κ2) is 7.33. The highest BCUT2D eigenvalue weighted by atomic mass is 16.6. The Labute approximate surface area is 155 Å². The minimum absolute atomic E-state index is 0.179. The second-order valence-electron chi connectivity index (χ2n) is 5.71. The van der Waals surface area contributed by atoms with Gasteiger partial charge in [-0.05, 0) is 17.5 Å². The Morgan fingerprint density at radius 1 is 1.19 bits per heavy atom. The molecule has 2 heterocycles. The van der Waals surface area contributed by atoms with E-state index < -0.39 is 5.97 Å². The smallest absolute Gasteiger partial charge is 0.335 e. The van der Waals surface area contributed by atoms with Crippen LogP contribution in [0.15, 0.2) is 54.2 Å². The summed E-state index contributed by atoms with van der Waals surface area (Å²) in [6.45, 7) is 3.43. The van der Waals surface area contributed by atoms with E-state index in [4.69, 9.17) is 14.2 Å². The average molecular weight is 366 g/mol. The van der Waals surface area contributed by atoms with Crippen molar-refractivity contribution in [1.82, 2.24) is 9.55 Å². The van der Waals surface area contributed by atoms with Crippen LogP contribution >= 0.6 is 0 Å². The van der Waals surface area contributed by atoms with Gasteiger partial charge in [0, 0.05) is 48.9 Å². The van der Waals surface area contributed by atoms with Gasteiger partial charge in [-0.25, -0.2) is 4.79 Å². The number of ether oxygens (including phenoxy) is 3. The van der Waals surface area contributed by atoms with Crippen LogP contribution in [-0.4, -0.2) is 29.7 Å². The van der Waals surface area contributed by atoms with Crippen molar-refractivity contribution in [3.63, 3.8) is 0 Å². The number of esters is 1. The number of carbonyl (C=O) groups excluding carboxylic acids is 1. The van der Waals surface area contributed by atoms with Gasteiger partial charge in [0.1, 0.15) is 5.75 Å². The number of carbonyl (C=O) groups is 1. The monoisotopic (exact) mass is 366 g/mol. The molecule has 0 aliphatic heterocycles. The summed E-state index contributed by atoms with van der Waals surface area (Å²) in [6, 6.07) is 5.06. The van der Waals surface area contributed by atoms with Gasteiger partial charge in [0.05, 0.1) is 19.6 Å². The highest BCUT2D eigenvalue weighted by Crippen LogP contribution is 2.43. The number of pyridine rings is 2. The van der Waals surface area contributed by atoms with Crippen LogP contribution in [0.4, 0.5) is 0 Å². The van der Waals surface area contributed by atoms with E-state index >= 15 is 0 Å². The fraction of sp³-hybridized carbons (Fsp3) is 0.150. The maximum atomic E-state index is 12.4. The summed E-state index contributed by atoms with van der Waals surface area (Å²) in [5, 5.41) is 1.11. The number of methoxy groups -OCH3 is 2. The molecule has 138 valence electrons. The van der Waals surface area contributed by atoms with Crippen molar-refractivity contribution in [3.05, 3.63) is 59.8 Å². The summed E-state index contributed by atoms with van der Waals surface area (Å²) in [6.07, 6.45) is 5.84. The van der Waals surface area contributed by atoms with Crippen molar-refractivity contribution >= 4 is 16.7 Å². The van der Waals surface area contributed by atoms with Gasteiger partial charge >= 0.3 is 5.97 Å². The van der Waals surface area contributed by atoms with E-state index in [1.807, 2.05) is 0 Å². The number of hydrogen-bond donors (Lipinski definition) is 0. The third-order valence-electron chi connectivity index (χ3n) is 4.13. The Morgan fingerprint density at radius 3 is 2.63 bits per heavy atom.